The fourth-order valence-electron chi connectivity index (χ4n) is 3.81. The number of alkyl carbamates (subject to hydrolysis) is 1. The molecule has 0 bridgehead atoms. The first-order valence-corrected chi connectivity index (χ1v) is 9.11. The standard InChI is InChI=1S/C20H32N2O4/c1-18(2,3)26-17(25)21-19(16(23)24)11-13-20(14-12-19,22(4)5)15-9-7-6-8-10-15/h6-10,16,23-24H,11-14H2,1-5H3,(H,21,25)/t19-,20+. The van der Waals surface area contributed by atoms with E-state index in [4.69, 9.17) is 4.74 Å². The van der Waals surface area contributed by atoms with E-state index in [2.05, 4.69) is 22.3 Å². The minimum Gasteiger partial charge on any atom is -0.444 e. The number of aliphatic hydroxyl groups excluding tert-OH is 1. The van der Waals surface area contributed by atoms with Gasteiger partial charge in [-0.2, -0.15) is 0 Å². The Labute approximate surface area is 156 Å². The van der Waals surface area contributed by atoms with Gasteiger partial charge in [-0.05, 0) is 66.1 Å². The molecule has 1 aliphatic rings. The lowest BCUT2D eigenvalue weighted by Gasteiger charge is -2.50. The molecule has 0 aromatic heterocycles. The summed E-state index contributed by atoms with van der Waals surface area (Å²) in [5, 5.41) is 22.8. The van der Waals surface area contributed by atoms with Crippen molar-refractivity contribution in [2.45, 2.75) is 69.4 Å². The Balaban J connectivity index is 2.21. The molecule has 146 valence electrons. The van der Waals surface area contributed by atoms with Crippen molar-refractivity contribution in [2.24, 2.45) is 0 Å². The molecule has 1 aromatic carbocycles. The number of amides is 1. The third kappa shape index (κ3) is 4.37. The van der Waals surface area contributed by atoms with Crippen molar-refractivity contribution in [3.63, 3.8) is 0 Å². The third-order valence-corrected chi connectivity index (χ3v) is 5.38. The summed E-state index contributed by atoms with van der Waals surface area (Å²) in [7, 11) is 4.08. The number of hydrogen-bond acceptors (Lipinski definition) is 5. The van der Waals surface area contributed by atoms with E-state index in [0.29, 0.717) is 25.7 Å². The first kappa shape index (κ1) is 20.7. The monoisotopic (exact) mass is 364 g/mol. The van der Waals surface area contributed by atoms with Crippen LogP contribution in [0, 0.1) is 0 Å². The van der Waals surface area contributed by atoms with E-state index >= 15 is 0 Å². The zero-order valence-corrected chi connectivity index (χ0v) is 16.5. The van der Waals surface area contributed by atoms with Gasteiger partial charge in [0.25, 0.3) is 0 Å². The van der Waals surface area contributed by atoms with Crippen LogP contribution >= 0.6 is 0 Å². The van der Waals surface area contributed by atoms with Gasteiger partial charge in [0.15, 0.2) is 6.29 Å². The number of rotatable bonds is 4. The van der Waals surface area contributed by atoms with E-state index in [-0.39, 0.29) is 5.54 Å². The van der Waals surface area contributed by atoms with Gasteiger partial charge in [-0.3, -0.25) is 4.90 Å². The van der Waals surface area contributed by atoms with Crippen LogP contribution < -0.4 is 5.32 Å². The molecule has 3 N–H and O–H groups in total. The van der Waals surface area contributed by atoms with Crippen molar-refractivity contribution in [3.05, 3.63) is 35.9 Å². The predicted molar refractivity (Wildman–Crippen MR) is 101 cm³/mol. The molecule has 1 amide bonds. The lowest BCUT2D eigenvalue weighted by molar-refractivity contribution is -0.131. The van der Waals surface area contributed by atoms with Crippen molar-refractivity contribution >= 4 is 6.09 Å². The van der Waals surface area contributed by atoms with E-state index in [0.717, 1.165) is 0 Å². The molecule has 0 atom stereocenters. The lowest BCUT2D eigenvalue weighted by Crippen LogP contribution is -2.62. The van der Waals surface area contributed by atoms with Gasteiger partial charge >= 0.3 is 6.09 Å². The Morgan fingerprint density at radius 3 is 2.08 bits per heavy atom. The summed E-state index contributed by atoms with van der Waals surface area (Å²) in [6.45, 7) is 5.34. The lowest BCUT2D eigenvalue weighted by atomic mass is 9.68. The normalized spacial score (nSPS) is 26.8. The van der Waals surface area contributed by atoms with Gasteiger partial charge in [-0.15, -0.1) is 0 Å². The topological polar surface area (TPSA) is 82.0 Å². The Bertz CT molecular complexity index is 600. The van der Waals surface area contributed by atoms with Gasteiger partial charge in [0, 0.05) is 5.54 Å². The number of hydrogen-bond donors (Lipinski definition) is 3. The molecule has 1 aromatic rings. The van der Waals surface area contributed by atoms with E-state index in [9.17, 15) is 15.0 Å². The highest BCUT2D eigenvalue weighted by molar-refractivity contribution is 5.69. The molecule has 0 aliphatic heterocycles. The van der Waals surface area contributed by atoms with E-state index in [1.807, 2.05) is 32.3 Å². The van der Waals surface area contributed by atoms with Crippen LogP contribution in [0.15, 0.2) is 30.3 Å². The highest BCUT2D eigenvalue weighted by atomic mass is 16.6. The summed E-state index contributed by atoms with van der Waals surface area (Å²) in [4.78, 5) is 14.4. The average molecular weight is 364 g/mol. The molecule has 26 heavy (non-hydrogen) atoms. The summed E-state index contributed by atoms with van der Waals surface area (Å²) < 4.78 is 5.32. The molecule has 1 fully saturated rings. The van der Waals surface area contributed by atoms with Gasteiger partial charge in [-0.1, -0.05) is 30.3 Å². The second-order valence-electron chi connectivity index (χ2n) is 8.45. The van der Waals surface area contributed by atoms with Crippen LogP contribution in [0.2, 0.25) is 0 Å². The van der Waals surface area contributed by atoms with Gasteiger partial charge in [-0.25, -0.2) is 4.79 Å². The molecule has 0 radical (unpaired) electrons. The Morgan fingerprint density at radius 1 is 1.12 bits per heavy atom. The summed E-state index contributed by atoms with van der Waals surface area (Å²) in [5.74, 6) is 0. The molecule has 0 heterocycles. The van der Waals surface area contributed by atoms with Crippen molar-refractivity contribution in [3.8, 4) is 0 Å². The number of nitrogens with zero attached hydrogens (tertiary/aromatic N) is 1. The highest BCUT2D eigenvalue weighted by Crippen LogP contribution is 2.45. The van der Waals surface area contributed by atoms with Crippen LogP contribution in [0.3, 0.4) is 0 Å². The molecular formula is C20H32N2O4. The van der Waals surface area contributed by atoms with Crippen molar-refractivity contribution in [2.75, 3.05) is 14.1 Å². The van der Waals surface area contributed by atoms with E-state index < -0.39 is 23.5 Å². The Kier molecular flexibility index (Phi) is 6.00. The summed E-state index contributed by atoms with van der Waals surface area (Å²) in [6, 6.07) is 10.2. The van der Waals surface area contributed by atoms with Gasteiger partial charge in [0.05, 0.1) is 5.54 Å². The van der Waals surface area contributed by atoms with Crippen LogP contribution in [0.1, 0.15) is 52.0 Å². The van der Waals surface area contributed by atoms with Crippen molar-refractivity contribution < 1.29 is 19.7 Å². The third-order valence-electron chi connectivity index (χ3n) is 5.38. The zero-order chi connectivity index (χ0) is 19.6. The van der Waals surface area contributed by atoms with Crippen LogP contribution in [0.25, 0.3) is 0 Å². The maximum Gasteiger partial charge on any atom is 0.408 e. The second kappa shape index (κ2) is 7.55. The maximum atomic E-state index is 12.2. The Morgan fingerprint density at radius 2 is 1.65 bits per heavy atom. The summed E-state index contributed by atoms with van der Waals surface area (Å²) >= 11 is 0. The largest absolute Gasteiger partial charge is 0.444 e. The van der Waals surface area contributed by atoms with E-state index in [1.165, 1.54) is 5.56 Å². The number of benzene rings is 1. The summed E-state index contributed by atoms with van der Waals surface area (Å²) in [5.41, 5.74) is -0.743. The minimum atomic E-state index is -1.65. The fraction of sp³-hybridized carbons (Fsp3) is 0.650. The summed E-state index contributed by atoms with van der Waals surface area (Å²) in [6.07, 6.45) is -0.00310. The molecule has 0 spiro atoms. The smallest absolute Gasteiger partial charge is 0.408 e. The van der Waals surface area contributed by atoms with Gasteiger partial charge in [0.1, 0.15) is 5.60 Å². The fourth-order valence-corrected chi connectivity index (χ4v) is 3.81. The molecule has 1 saturated carbocycles. The first-order valence-electron chi connectivity index (χ1n) is 9.11. The van der Waals surface area contributed by atoms with Crippen LogP contribution in [-0.4, -0.2) is 52.7 Å². The molecule has 1 aliphatic carbocycles. The maximum absolute atomic E-state index is 12.2. The molecule has 0 saturated heterocycles. The number of nitrogens with one attached hydrogen (secondary N) is 1. The number of aliphatic hydroxyl groups is 2. The van der Waals surface area contributed by atoms with Crippen LogP contribution in [0.5, 0.6) is 0 Å². The first-order chi connectivity index (χ1) is 12.0. The van der Waals surface area contributed by atoms with Crippen LogP contribution in [-0.2, 0) is 10.3 Å². The average Bonchev–Trinajstić information content (AvgIpc) is 2.54. The Hall–Kier alpha value is -1.63. The SMILES string of the molecule is CN(C)[C@]1(c2ccccc2)CC[C@@](NC(=O)OC(C)(C)C)(C(O)O)CC1. The molecule has 0 unspecified atom stereocenters. The number of ether oxygens (including phenoxy) is 1. The molecule has 6 nitrogen and oxygen atoms in total. The predicted octanol–water partition coefficient (Wildman–Crippen LogP) is 2.59. The zero-order valence-electron chi connectivity index (χ0n) is 16.5. The van der Waals surface area contributed by atoms with Crippen molar-refractivity contribution in [1.82, 2.24) is 10.2 Å². The van der Waals surface area contributed by atoms with Crippen LogP contribution in [0.4, 0.5) is 4.79 Å². The highest BCUT2D eigenvalue weighted by Gasteiger charge is 2.49. The quantitative estimate of drug-likeness (QED) is 0.716. The molecular weight excluding hydrogens is 332 g/mol. The number of carbonyl (C=O) groups excluding carboxylic acids is 1. The van der Waals surface area contributed by atoms with E-state index in [1.54, 1.807) is 20.8 Å². The molecule has 6 heteroatoms. The minimum absolute atomic E-state index is 0.199. The second-order valence-corrected chi connectivity index (χ2v) is 8.45. The van der Waals surface area contributed by atoms with Crippen molar-refractivity contribution in [1.29, 1.82) is 0 Å². The molecule has 2 rings (SSSR count). The van der Waals surface area contributed by atoms with Gasteiger partial charge < -0.3 is 20.3 Å². The number of carbonyl (C=O) groups is 1. The van der Waals surface area contributed by atoms with Gasteiger partial charge in [0.2, 0.25) is 0 Å².